The third kappa shape index (κ3) is 8.24. The van der Waals surface area contributed by atoms with E-state index in [1.807, 2.05) is 13.2 Å². The van der Waals surface area contributed by atoms with Gasteiger partial charge in [-0.1, -0.05) is 27.4 Å². The zero-order valence-corrected chi connectivity index (χ0v) is 14.5. The van der Waals surface area contributed by atoms with Gasteiger partial charge in [-0.3, -0.25) is 4.79 Å². The zero-order chi connectivity index (χ0) is 16.4. The molecule has 0 saturated heterocycles. The Bertz CT molecular complexity index is 370. The lowest BCUT2D eigenvalue weighted by atomic mass is 9.98. The van der Waals surface area contributed by atoms with Crippen LogP contribution in [0, 0.1) is 5.92 Å². The van der Waals surface area contributed by atoms with E-state index in [1.54, 1.807) is 0 Å². The lowest BCUT2D eigenvalue weighted by molar-refractivity contribution is -0.143. The van der Waals surface area contributed by atoms with Gasteiger partial charge in [0.05, 0.1) is 12.3 Å². The molecule has 5 nitrogen and oxygen atoms in total. The Labute approximate surface area is 132 Å². The summed E-state index contributed by atoms with van der Waals surface area (Å²) in [6.45, 7) is 12.0. The number of aliphatic imine (C=N–C) groups is 1. The van der Waals surface area contributed by atoms with Gasteiger partial charge in [0.2, 0.25) is 0 Å². The number of thioether (sulfide) groups is 1. The van der Waals surface area contributed by atoms with Crippen LogP contribution in [0.1, 0.15) is 34.1 Å². The fourth-order valence-corrected chi connectivity index (χ4v) is 2.55. The van der Waals surface area contributed by atoms with Gasteiger partial charge in [0.15, 0.2) is 6.10 Å². The van der Waals surface area contributed by atoms with E-state index in [9.17, 15) is 4.79 Å². The van der Waals surface area contributed by atoms with Gasteiger partial charge in [0.25, 0.3) is 0 Å². The second kappa shape index (κ2) is 10.8. The highest BCUT2D eigenvalue weighted by molar-refractivity contribution is 8.13. The molecule has 0 radical (unpaired) electrons. The van der Waals surface area contributed by atoms with E-state index in [4.69, 9.17) is 9.84 Å². The summed E-state index contributed by atoms with van der Waals surface area (Å²) in [6.07, 6.45) is 2.09. The number of nitrogens with zero attached hydrogens (tertiary/aromatic N) is 1. The summed E-state index contributed by atoms with van der Waals surface area (Å²) in [4.78, 5) is 15.6. The SMILES string of the molecule is C=C(CO)N=C(SC)C(CC(NCC)C(C)C)OC(C)=O. The highest BCUT2D eigenvalue weighted by atomic mass is 32.2. The summed E-state index contributed by atoms with van der Waals surface area (Å²) in [5.74, 6) is 0.0718. The Morgan fingerprint density at radius 3 is 2.48 bits per heavy atom. The first kappa shape index (κ1) is 20.1. The van der Waals surface area contributed by atoms with Gasteiger partial charge in [-0.05, 0) is 18.7 Å². The van der Waals surface area contributed by atoms with Gasteiger partial charge < -0.3 is 15.2 Å². The van der Waals surface area contributed by atoms with Crippen LogP contribution in [0.5, 0.6) is 0 Å². The number of aliphatic hydroxyl groups excluding tert-OH is 1. The van der Waals surface area contributed by atoms with Crippen molar-refractivity contribution >= 4 is 22.8 Å². The van der Waals surface area contributed by atoms with E-state index < -0.39 is 6.10 Å². The van der Waals surface area contributed by atoms with Crippen molar-refractivity contribution in [1.82, 2.24) is 5.32 Å². The number of rotatable bonds is 9. The van der Waals surface area contributed by atoms with E-state index >= 15 is 0 Å². The Balaban J connectivity index is 5.19. The molecule has 122 valence electrons. The molecule has 0 rings (SSSR count). The van der Waals surface area contributed by atoms with Crippen molar-refractivity contribution in [3.05, 3.63) is 12.3 Å². The molecule has 2 unspecified atom stereocenters. The highest BCUT2D eigenvalue weighted by Crippen LogP contribution is 2.18. The van der Waals surface area contributed by atoms with Crippen LogP contribution in [0.3, 0.4) is 0 Å². The molecule has 0 fully saturated rings. The third-order valence-electron chi connectivity index (χ3n) is 2.98. The second-order valence-electron chi connectivity index (χ2n) is 5.12. The molecular formula is C15H28N2O3S. The van der Waals surface area contributed by atoms with Gasteiger partial charge in [-0.25, -0.2) is 4.99 Å². The van der Waals surface area contributed by atoms with E-state index in [2.05, 4.69) is 30.7 Å². The normalized spacial score (nSPS) is 14.9. The molecule has 0 aromatic carbocycles. The molecule has 0 aromatic heterocycles. The van der Waals surface area contributed by atoms with Gasteiger partial charge in [0.1, 0.15) is 5.04 Å². The predicted octanol–water partition coefficient (Wildman–Crippen LogP) is 2.21. The lowest BCUT2D eigenvalue weighted by Gasteiger charge is -2.27. The van der Waals surface area contributed by atoms with E-state index in [0.717, 1.165) is 6.54 Å². The maximum Gasteiger partial charge on any atom is 0.303 e. The first-order valence-electron chi connectivity index (χ1n) is 7.17. The summed E-state index contributed by atoms with van der Waals surface area (Å²) in [5.41, 5.74) is 0.362. The molecule has 0 saturated carbocycles. The molecule has 2 atom stereocenters. The molecule has 0 bridgehead atoms. The summed E-state index contributed by atoms with van der Waals surface area (Å²) >= 11 is 1.41. The Morgan fingerprint density at radius 1 is 1.48 bits per heavy atom. The second-order valence-corrected chi connectivity index (χ2v) is 5.95. The average Bonchev–Trinajstić information content (AvgIpc) is 2.42. The number of nitrogens with one attached hydrogen (secondary N) is 1. The summed E-state index contributed by atoms with van der Waals surface area (Å²) in [5, 5.41) is 13.1. The van der Waals surface area contributed by atoms with Crippen molar-refractivity contribution in [1.29, 1.82) is 0 Å². The van der Waals surface area contributed by atoms with Crippen molar-refractivity contribution < 1.29 is 14.6 Å². The summed E-state index contributed by atoms with van der Waals surface area (Å²) < 4.78 is 5.42. The van der Waals surface area contributed by atoms with E-state index in [1.165, 1.54) is 18.7 Å². The van der Waals surface area contributed by atoms with Crippen molar-refractivity contribution in [2.24, 2.45) is 10.9 Å². The molecule has 6 heteroatoms. The first-order valence-corrected chi connectivity index (χ1v) is 8.39. The smallest absolute Gasteiger partial charge is 0.303 e. The fraction of sp³-hybridized carbons (Fsp3) is 0.733. The quantitative estimate of drug-likeness (QED) is 0.388. The van der Waals surface area contributed by atoms with Gasteiger partial charge in [0, 0.05) is 19.4 Å². The molecule has 0 heterocycles. The monoisotopic (exact) mass is 316 g/mol. The third-order valence-corrected chi connectivity index (χ3v) is 3.76. The average molecular weight is 316 g/mol. The van der Waals surface area contributed by atoms with Crippen LogP contribution in [-0.2, 0) is 9.53 Å². The standard InChI is InChI=1S/C15H28N2O3S/c1-7-16-13(10(2)3)8-14(20-12(5)19)15(21-6)17-11(4)9-18/h10,13-14,16,18H,4,7-9H2,1-3,5-6H3. The van der Waals surface area contributed by atoms with Crippen LogP contribution in [0.2, 0.25) is 0 Å². The van der Waals surface area contributed by atoms with Crippen LogP contribution in [0.25, 0.3) is 0 Å². The number of esters is 1. The largest absolute Gasteiger partial charge is 0.455 e. The molecule has 0 amide bonds. The first-order chi connectivity index (χ1) is 9.85. The van der Waals surface area contributed by atoms with E-state index in [0.29, 0.717) is 23.1 Å². The number of hydrogen-bond acceptors (Lipinski definition) is 6. The predicted molar refractivity (Wildman–Crippen MR) is 89.6 cm³/mol. The number of ether oxygens (including phenoxy) is 1. The minimum absolute atomic E-state index is 0.211. The van der Waals surface area contributed by atoms with Gasteiger partial charge in [-0.15, -0.1) is 11.8 Å². The van der Waals surface area contributed by atoms with E-state index in [-0.39, 0.29) is 18.6 Å². The number of carbonyl (C=O) groups is 1. The van der Waals surface area contributed by atoms with Crippen molar-refractivity contribution in [3.8, 4) is 0 Å². The van der Waals surface area contributed by atoms with Gasteiger partial charge in [-0.2, -0.15) is 0 Å². The Kier molecular flexibility index (Phi) is 10.4. The van der Waals surface area contributed by atoms with Crippen molar-refractivity contribution in [2.45, 2.75) is 46.3 Å². The number of aliphatic hydroxyl groups is 1. The van der Waals surface area contributed by atoms with Gasteiger partial charge >= 0.3 is 5.97 Å². The van der Waals surface area contributed by atoms with Crippen molar-refractivity contribution in [2.75, 3.05) is 19.4 Å². The fourth-order valence-electron chi connectivity index (χ4n) is 1.92. The Hall–Kier alpha value is -0.850. The van der Waals surface area contributed by atoms with Crippen LogP contribution in [-0.4, -0.2) is 47.7 Å². The van der Waals surface area contributed by atoms with Crippen LogP contribution in [0.15, 0.2) is 17.3 Å². The number of carbonyl (C=O) groups excluding carboxylic acids is 1. The zero-order valence-electron chi connectivity index (χ0n) is 13.7. The maximum atomic E-state index is 11.4. The molecule has 0 aromatic rings. The number of hydrogen-bond donors (Lipinski definition) is 2. The summed E-state index contributed by atoms with van der Waals surface area (Å²) in [7, 11) is 0. The van der Waals surface area contributed by atoms with Crippen LogP contribution >= 0.6 is 11.8 Å². The molecule has 21 heavy (non-hydrogen) atoms. The maximum absolute atomic E-state index is 11.4. The molecule has 0 aliphatic carbocycles. The molecule has 0 spiro atoms. The Morgan fingerprint density at radius 2 is 2.10 bits per heavy atom. The highest BCUT2D eigenvalue weighted by Gasteiger charge is 2.25. The molecule has 0 aliphatic rings. The molecule has 2 N–H and O–H groups in total. The van der Waals surface area contributed by atoms with Crippen LogP contribution < -0.4 is 5.32 Å². The van der Waals surface area contributed by atoms with Crippen LogP contribution in [0.4, 0.5) is 0 Å². The minimum Gasteiger partial charge on any atom is -0.455 e. The molecule has 0 aliphatic heterocycles. The topological polar surface area (TPSA) is 70.9 Å². The lowest BCUT2D eigenvalue weighted by Crippen LogP contribution is -2.40. The minimum atomic E-state index is -0.424. The summed E-state index contributed by atoms with van der Waals surface area (Å²) in [6, 6.07) is 0.221. The van der Waals surface area contributed by atoms with Crippen molar-refractivity contribution in [3.63, 3.8) is 0 Å². The molecular weight excluding hydrogens is 288 g/mol.